The van der Waals surface area contributed by atoms with Crippen LogP contribution in [0.25, 0.3) is 0 Å². The Kier molecular flexibility index (Phi) is 3.93. The number of nitro groups is 1. The minimum absolute atomic E-state index is 0.00695. The summed E-state index contributed by atoms with van der Waals surface area (Å²) in [5.74, 6) is -0.414. The summed E-state index contributed by atoms with van der Waals surface area (Å²) < 4.78 is 5.42. The molecule has 3 N–H and O–H groups in total. The fourth-order valence-electron chi connectivity index (χ4n) is 1.58. The van der Waals surface area contributed by atoms with Gasteiger partial charge in [-0.2, -0.15) is 0 Å². The van der Waals surface area contributed by atoms with Crippen LogP contribution in [-0.2, 0) is 0 Å². The third kappa shape index (κ3) is 3.03. The first-order valence-corrected chi connectivity index (χ1v) is 5.74. The van der Waals surface area contributed by atoms with Crippen molar-refractivity contribution in [3.05, 3.63) is 52.0 Å². The van der Waals surface area contributed by atoms with E-state index in [0.717, 1.165) is 5.56 Å². The molecule has 0 saturated carbocycles. The maximum atomic E-state index is 11.0. The molecule has 9 heteroatoms. The highest BCUT2D eigenvalue weighted by Crippen LogP contribution is 2.32. The largest absolute Gasteiger partial charge is 0.430 e. The second-order valence-electron chi connectivity index (χ2n) is 4.03. The van der Waals surface area contributed by atoms with Gasteiger partial charge in [0.2, 0.25) is 11.6 Å². The molecule has 0 radical (unpaired) electrons. The van der Waals surface area contributed by atoms with E-state index in [1.807, 2.05) is 0 Å². The molecule has 0 aliphatic carbocycles. The Morgan fingerprint density at radius 3 is 2.81 bits per heavy atom. The summed E-state index contributed by atoms with van der Waals surface area (Å²) in [6, 6.07) is 4.40. The maximum absolute atomic E-state index is 11.0. The Hall–Kier alpha value is -3.23. The number of amidine groups is 1. The van der Waals surface area contributed by atoms with Gasteiger partial charge in [0.1, 0.15) is 0 Å². The molecule has 1 aromatic heterocycles. The molecule has 0 aliphatic rings. The Balaban J connectivity index is 2.48. The topological polar surface area (TPSA) is 137 Å². The molecular weight excluding hydrogens is 278 g/mol. The van der Waals surface area contributed by atoms with Crippen LogP contribution >= 0.6 is 0 Å². The molecule has 0 unspecified atom stereocenters. The third-order valence-corrected chi connectivity index (χ3v) is 2.53. The molecule has 1 heterocycles. The van der Waals surface area contributed by atoms with Crippen molar-refractivity contribution in [2.24, 2.45) is 10.9 Å². The lowest BCUT2D eigenvalue weighted by Gasteiger charge is -2.08. The van der Waals surface area contributed by atoms with Crippen LogP contribution in [0.2, 0.25) is 0 Å². The molecule has 0 aliphatic heterocycles. The van der Waals surface area contributed by atoms with Crippen LogP contribution in [0.3, 0.4) is 0 Å². The van der Waals surface area contributed by atoms with Gasteiger partial charge < -0.3 is 15.7 Å². The molecule has 1 aromatic carbocycles. The van der Waals surface area contributed by atoms with E-state index in [1.54, 1.807) is 13.0 Å². The Labute approximate surface area is 118 Å². The van der Waals surface area contributed by atoms with Crippen LogP contribution in [0.5, 0.6) is 11.6 Å². The van der Waals surface area contributed by atoms with Crippen LogP contribution in [0.1, 0.15) is 11.3 Å². The van der Waals surface area contributed by atoms with Crippen LogP contribution in [0, 0.1) is 17.0 Å². The first-order chi connectivity index (χ1) is 10.0. The quantitative estimate of drug-likeness (QED) is 0.286. The fourth-order valence-corrected chi connectivity index (χ4v) is 1.58. The highest BCUT2D eigenvalue weighted by atomic mass is 16.6. The summed E-state index contributed by atoms with van der Waals surface area (Å²) in [5.41, 5.74) is 5.99. The van der Waals surface area contributed by atoms with Gasteiger partial charge in [-0.3, -0.25) is 10.1 Å². The van der Waals surface area contributed by atoms with Crippen LogP contribution < -0.4 is 10.5 Å². The predicted octanol–water partition coefficient (Wildman–Crippen LogP) is 1.58. The number of nitrogens with zero attached hydrogens (tertiary/aromatic N) is 4. The van der Waals surface area contributed by atoms with Gasteiger partial charge in [-0.05, 0) is 18.6 Å². The van der Waals surface area contributed by atoms with Gasteiger partial charge in [0.05, 0.1) is 4.92 Å². The summed E-state index contributed by atoms with van der Waals surface area (Å²) in [7, 11) is 0. The summed E-state index contributed by atoms with van der Waals surface area (Å²) in [6.45, 7) is 1.76. The Morgan fingerprint density at radius 2 is 2.14 bits per heavy atom. The van der Waals surface area contributed by atoms with Gasteiger partial charge in [0, 0.05) is 18.5 Å². The number of ether oxygens (including phenoxy) is 1. The highest BCUT2D eigenvalue weighted by Gasteiger charge is 2.19. The normalized spacial score (nSPS) is 11.2. The van der Waals surface area contributed by atoms with Crippen LogP contribution in [-0.4, -0.2) is 25.9 Å². The fraction of sp³-hybridized carbons (Fsp3) is 0.0833. The summed E-state index contributed by atoms with van der Waals surface area (Å²) >= 11 is 0. The highest BCUT2D eigenvalue weighted by molar-refractivity contribution is 5.97. The average molecular weight is 289 g/mol. The number of hydrogen-bond donors (Lipinski definition) is 2. The van der Waals surface area contributed by atoms with Crippen molar-refractivity contribution in [2.75, 3.05) is 0 Å². The lowest BCUT2D eigenvalue weighted by molar-refractivity contribution is -0.385. The van der Waals surface area contributed by atoms with Crippen molar-refractivity contribution < 1.29 is 14.9 Å². The average Bonchev–Trinajstić information content (AvgIpc) is 2.47. The van der Waals surface area contributed by atoms with Crippen molar-refractivity contribution in [2.45, 2.75) is 6.92 Å². The van der Waals surface area contributed by atoms with E-state index >= 15 is 0 Å². The lowest BCUT2D eigenvalue weighted by atomic mass is 10.2. The zero-order valence-corrected chi connectivity index (χ0v) is 10.9. The number of hydrogen-bond acceptors (Lipinski definition) is 7. The SMILES string of the molecule is Cc1ccc([N+](=O)[O-])c(Oc2nccnc2C(N)=NO)c1. The molecular formula is C12H11N5O4. The number of nitro benzene ring substituents is 1. The molecule has 2 aromatic rings. The zero-order valence-electron chi connectivity index (χ0n) is 10.9. The van der Waals surface area contributed by atoms with E-state index in [-0.39, 0.29) is 28.8 Å². The second-order valence-corrected chi connectivity index (χ2v) is 4.03. The molecule has 2 rings (SSSR count). The molecule has 0 saturated heterocycles. The van der Waals surface area contributed by atoms with Crippen molar-refractivity contribution in [3.63, 3.8) is 0 Å². The van der Waals surface area contributed by atoms with E-state index < -0.39 is 4.92 Å². The number of aromatic nitrogens is 2. The number of aryl methyl sites for hydroxylation is 1. The minimum Gasteiger partial charge on any atom is -0.430 e. The molecule has 0 bridgehead atoms. The monoisotopic (exact) mass is 289 g/mol. The van der Waals surface area contributed by atoms with E-state index in [2.05, 4.69) is 15.1 Å². The van der Waals surface area contributed by atoms with Gasteiger partial charge in [-0.15, -0.1) is 0 Å². The second kappa shape index (κ2) is 5.82. The van der Waals surface area contributed by atoms with Gasteiger partial charge in [-0.1, -0.05) is 11.2 Å². The molecule has 0 amide bonds. The van der Waals surface area contributed by atoms with Gasteiger partial charge in [0.15, 0.2) is 11.5 Å². The molecule has 108 valence electrons. The predicted molar refractivity (Wildman–Crippen MR) is 72.5 cm³/mol. The molecule has 0 atom stereocenters. The Morgan fingerprint density at radius 1 is 1.43 bits per heavy atom. The van der Waals surface area contributed by atoms with Crippen molar-refractivity contribution >= 4 is 11.5 Å². The van der Waals surface area contributed by atoms with Crippen molar-refractivity contribution in [1.82, 2.24) is 9.97 Å². The number of nitrogens with two attached hydrogens (primary N) is 1. The number of benzene rings is 1. The molecule has 0 spiro atoms. The lowest BCUT2D eigenvalue weighted by Crippen LogP contribution is -2.16. The summed E-state index contributed by atoms with van der Waals surface area (Å²) in [6.07, 6.45) is 2.65. The Bertz CT molecular complexity index is 717. The summed E-state index contributed by atoms with van der Waals surface area (Å²) in [5, 5.41) is 22.5. The number of rotatable bonds is 4. The van der Waals surface area contributed by atoms with Gasteiger partial charge in [-0.25, -0.2) is 9.97 Å². The van der Waals surface area contributed by atoms with E-state index in [1.165, 1.54) is 24.5 Å². The maximum Gasteiger partial charge on any atom is 0.311 e. The zero-order chi connectivity index (χ0) is 15.4. The first kappa shape index (κ1) is 14.2. The summed E-state index contributed by atoms with van der Waals surface area (Å²) in [4.78, 5) is 18.2. The molecule has 0 fully saturated rings. The van der Waals surface area contributed by atoms with Crippen molar-refractivity contribution in [1.29, 1.82) is 0 Å². The molecule has 21 heavy (non-hydrogen) atoms. The van der Waals surface area contributed by atoms with E-state index in [0.29, 0.717) is 0 Å². The first-order valence-electron chi connectivity index (χ1n) is 5.74. The van der Waals surface area contributed by atoms with E-state index in [9.17, 15) is 10.1 Å². The standard InChI is InChI=1S/C12H11N5O4/c1-7-2-3-8(17(19)20)9(6-7)21-12-10(11(13)16-18)14-4-5-15-12/h2-6,18H,1H3,(H2,13,16). The van der Waals surface area contributed by atoms with Gasteiger partial charge >= 0.3 is 5.69 Å². The van der Waals surface area contributed by atoms with E-state index in [4.69, 9.17) is 15.7 Å². The van der Waals surface area contributed by atoms with Crippen molar-refractivity contribution in [3.8, 4) is 11.6 Å². The third-order valence-electron chi connectivity index (χ3n) is 2.53. The van der Waals surface area contributed by atoms with Crippen LogP contribution in [0.15, 0.2) is 35.7 Å². The minimum atomic E-state index is -0.575. The van der Waals surface area contributed by atoms with Crippen LogP contribution in [0.4, 0.5) is 5.69 Å². The molecule has 9 nitrogen and oxygen atoms in total. The van der Waals surface area contributed by atoms with Gasteiger partial charge in [0.25, 0.3) is 0 Å². The smallest absolute Gasteiger partial charge is 0.311 e. The number of oxime groups is 1.